The first-order chi connectivity index (χ1) is 7.95. The predicted molar refractivity (Wildman–Crippen MR) is 78.4 cm³/mol. The molecule has 1 aliphatic rings. The van der Waals surface area contributed by atoms with Crippen LogP contribution in [0.1, 0.15) is 66.7 Å². The Kier molecular flexibility index (Phi) is 6.10. The summed E-state index contributed by atoms with van der Waals surface area (Å²) < 4.78 is 0. The molecule has 0 aromatic rings. The molecule has 0 aromatic heterocycles. The summed E-state index contributed by atoms with van der Waals surface area (Å²) in [4.78, 5) is 0. The molecule has 98 valence electrons. The molecule has 1 heteroatoms. The Morgan fingerprint density at radius 1 is 1.06 bits per heavy atom. The van der Waals surface area contributed by atoms with Crippen LogP contribution in [0.5, 0.6) is 0 Å². The van der Waals surface area contributed by atoms with Gasteiger partial charge in [0, 0.05) is 0 Å². The normalized spacial score (nSPS) is 33.8. The molecule has 4 unspecified atom stereocenters. The van der Waals surface area contributed by atoms with Crippen LogP contribution in [0.15, 0.2) is 0 Å². The molecule has 0 spiro atoms. The van der Waals surface area contributed by atoms with Crippen molar-refractivity contribution < 1.29 is 0 Å². The standard InChI is InChI=1S/C16H31B/c1-6-14-13(8-7-11(2)3)10-16(17)15(14)9-12(4)5/h11-16H,6-10H2,1-5H3. The average Bonchev–Trinajstić information content (AvgIpc) is 2.51. The molecule has 0 heterocycles. The lowest BCUT2D eigenvalue weighted by atomic mass is 9.72. The summed E-state index contributed by atoms with van der Waals surface area (Å²) in [5.41, 5.74) is 0. The molecule has 0 amide bonds. The van der Waals surface area contributed by atoms with Crippen molar-refractivity contribution >= 4 is 7.85 Å². The van der Waals surface area contributed by atoms with Crippen LogP contribution in [0.3, 0.4) is 0 Å². The van der Waals surface area contributed by atoms with Crippen molar-refractivity contribution in [2.75, 3.05) is 0 Å². The lowest BCUT2D eigenvalue weighted by Gasteiger charge is -2.27. The molecule has 1 aliphatic carbocycles. The zero-order valence-electron chi connectivity index (χ0n) is 12.6. The average molecular weight is 234 g/mol. The van der Waals surface area contributed by atoms with Gasteiger partial charge in [-0.3, -0.25) is 0 Å². The monoisotopic (exact) mass is 234 g/mol. The van der Waals surface area contributed by atoms with Gasteiger partial charge in [-0.15, -0.1) is 0 Å². The van der Waals surface area contributed by atoms with Crippen molar-refractivity contribution in [3.05, 3.63) is 0 Å². The van der Waals surface area contributed by atoms with Crippen LogP contribution in [0.2, 0.25) is 5.82 Å². The van der Waals surface area contributed by atoms with E-state index < -0.39 is 0 Å². The Bertz CT molecular complexity index is 210. The van der Waals surface area contributed by atoms with Gasteiger partial charge in [0.25, 0.3) is 0 Å². The van der Waals surface area contributed by atoms with Gasteiger partial charge < -0.3 is 0 Å². The van der Waals surface area contributed by atoms with E-state index in [2.05, 4.69) is 34.6 Å². The quantitative estimate of drug-likeness (QED) is 0.561. The van der Waals surface area contributed by atoms with E-state index in [4.69, 9.17) is 7.85 Å². The van der Waals surface area contributed by atoms with Gasteiger partial charge >= 0.3 is 0 Å². The fourth-order valence-corrected chi connectivity index (χ4v) is 3.78. The molecule has 1 saturated carbocycles. The van der Waals surface area contributed by atoms with Crippen LogP contribution in [-0.2, 0) is 0 Å². The first-order valence-corrected chi connectivity index (χ1v) is 7.71. The maximum atomic E-state index is 6.39. The minimum absolute atomic E-state index is 0.472. The van der Waals surface area contributed by atoms with Crippen LogP contribution in [0.4, 0.5) is 0 Å². The second-order valence-corrected chi connectivity index (χ2v) is 7.00. The van der Waals surface area contributed by atoms with Crippen molar-refractivity contribution in [3.8, 4) is 0 Å². The minimum Gasteiger partial charge on any atom is -0.0741 e. The van der Waals surface area contributed by atoms with Crippen LogP contribution in [0, 0.1) is 29.6 Å². The molecule has 0 N–H and O–H groups in total. The molecular formula is C16H31B. The molecule has 0 aromatic carbocycles. The highest BCUT2D eigenvalue weighted by molar-refractivity contribution is 6.12. The lowest BCUT2D eigenvalue weighted by molar-refractivity contribution is 0.249. The van der Waals surface area contributed by atoms with Crippen LogP contribution >= 0.6 is 0 Å². The summed E-state index contributed by atoms with van der Waals surface area (Å²) in [6.45, 7) is 11.7. The highest BCUT2D eigenvalue weighted by atomic mass is 14.4. The van der Waals surface area contributed by atoms with Crippen LogP contribution in [-0.4, -0.2) is 7.85 Å². The molecule has 0 aliphatic heterocycles. The van der Waals surface area contributed by atoms with Crippen molar-refractivity contribution in [1.29, 1.82) is 0 Å². The molecule has 0 saturated heterocycles. The number of hydrogen-bond donors (Lipinski definition) is 0. The summed E-state index contributed by atoms with van der Waals surface area (Å²) in [5, 5.41) is 0. The fraction of sp³-hybridized carbons (Fsp3) is 1.00. The molecule has 4 atom stereocenters. The van der Waals surface area contributed by atoms with Crippen molar-refractivity contribution in [2.45, 2.75) is 72.5 Å². The maximum absolute atomic E-state index is 6.39. The summed E-state index contributed by atoms with van der Waals surface area (Å²) >= 11 is 0. The maximum Gasteiger partial charge on any atom is 0.0703 e. The lowest BCUT2D eigenvalue weighted by Crippen LogP contribution is -2.18. The van der Waals surface area contributed by atoms with Gasteiger partial charge in [-0.2, -0.15) is 0 Å². The first-order valence-electron chi connectivity index (χ1n) is 7.71. The van der Waals surface area contributed by atoms with E-state index in [1.165, 1.54) is 32.1 Å². The molecule has 0 bridgehead atoms. The highest BCUT2D eigenvalue weighted by Gasteiger charge is 2.38. The van der Waals surface area contributed by atoms with Gasteiger partial charge in [0.2, 0.25) is 0 Å². The summed E-state index contributed by atoms with van der Waals surface area (Å²) in [6.07, 6.45) is 6.72. The van der Waals surface area contributed by atoms with E-state index >= 15 is 0 Å². The van der Waals surface area contributed by atoms with Crippen molar-refractivity contribution in [3.63, 3.8) is 0 Å². The Balaban J connectivity index is 2.56. The second kappa shape index (κ2) is 6.85. The smallest absolute Gasteiger partial charge is 0.0703 e. The molecule has 2 radical (unpaired) electrons. The van der Waals surface area contributed by atoms with Gasteiger partial charge in [-0.25, -0.2) is 0 Å². The number of rotatable bonds is 6. The molecule has 17 heavy (non-hydrogen) atoms. The van der Waals surface area contributed by atoms with E-state index in [9.17, 15) is 0 Å². The molecule has 1 rings (SSSR count). The van der Waals surface area contributed by atoms with Gasteiger partial charge in [0.1, 0.15) is 0 Å². The molecular weight excluding hydrogens is 203 g/mol. The Hall–Kier alpha value is 0.0649. The van der Waals surface area contributed by atoms with Crippen LogP contribution in [0.25, 0.3) is 0 Å². The third-order valence-electron chi connectivity index (χ3n) is 4.61. The fourth-order valence-electron chi connectivity index (χ4n) is 3.78. The first kappa shape index (κ1) is 15.1. The van der Waals surface area contributed by atoms with E-state index in [-0.39, 0.29) is 0 Å². The summed E-state index contributed by atoms with van der Waals surface area (Å²) in [5.74, 6) is 4.70. The SMILES string of the molecule is [B]C1CC(CCC(C)C)C(CC)C1CC(C)C. The van der Waals surface area contributed by atoms with E-state index in [0.717, 1.165) is 29.6 Å². The van der Waals surface area contributed by atoms with Crippen LogP contribution < -0.4 is 0 Å². The molecule has 1 fully saturated rings. The van der Waals surface area contributed by atoms with Gasteiger partial charge in [0.05, 0.1) is 7.85 Å². The third-order valence-corrected chi connectivity index (χ3v) is 4.61. The Morgan fingerprint density at radius 2 is 1.71 bits per heavy atom. The highest BCUT2D eigenvalue weighted by Crippen LogP contribution is 2.49. The zero-order chi connectivity index (χ0) is 13.0. The largest absolute Gasteiger partial charge is 0.0741 e. The van der Waals surface area contributed by atoms with Crippen molar-refractivity contribution in [1.82, 2.24) is 0 Å². The van der Waals surface area contributed by atoms with E-state index in [1.807, 2.05) is 0 Å². The summed E-state index contributed by atoms with van der Waals surface area (Å²) in [7, 11) is 6.39. The Labute approximate surface area is 110 Å². The topological polar surface area (TPSA) is 0 Å². The van der Waals surface area contributed by atoms with E-state index in [0.29, 0.717) is 5.82 Å². The van der Waals surface area contributed by atoms with Gasteiger partial charge in [-0.05, 0) is 42.4 Å². The number of hydrogen-bond acceptors (Lipinski definition) is 0. The Morgan fingerprint density at radius 3 is 2.18 bits per heavy atom. The third kappa shape index (κ3) is 4.34. The zero-order valence-corrected chi connectivity index (χ0v) is 12.6. The molecule has 0 nitrogen and oxygen atoms in total. The van der Waals surface area contributed by atoms with E-state index in [1.54, 1.807) is 0 Å². The predicted octanol–water partition coefficient (Wildman–Crippen LogP) is 5.09. The van der Waals surface area contributed by atoms with Crippen molar-refractivity contribution in [2.24, 2.45) is 29.6 Å². The minimum atomic E-state index is 0.472. The van der Waals surface area contributed by atoms with Gasteiger partial charge in [-0.1, -0.05) is 59.7 Å². The van der Waals surface area contributed by atoms with Gasteiger partial charge in [0.15, 0.2) is 0 Å². The second-order valence-electron chi connectivity index (χ2n) is 7.00. The summed E-state index contributed by atoms with van der Waals surface area (Å²) in [6, 6.07) is 0.